The van der Waals surface area contributed by atoms with Gasteiger partial charge in [-0.2, -0.15) is 0 Å². The van der Waals surface area contributed by atoms with E-state index in [0.29, 0.717) is 18.5 Å². The second-order valence-electron chi connectivity index (χ2n) is 7.31. The summed E-state index contributed by atoms with van der Waals surface area (Å²) < 4.78 is 0. The summed E-state index contributed by atoms with van der Waals surface area (Å²) in [7, 11) is 0. The summed E-state index contributed by atoms with van der Waals surface area (Å²) in [5.74, 6) is -3.46. The average Bonchev–Trinajstić information content (AvgIpc) is 2.67. The van der Waals surface area contributed by atoms with Crippen LogP contribution in [0.2, 0.25) is 0 Å². The molecule has 0 amide bonds. The van der Waals surface area contributed by atoms with E-state index >= 15 is 0 Å². The number of rotatable bonds is 10. The molecule has 1 aliphatic rings. The number of anilines is 1. The fourth-order valence-electron chi connectivity index (χ4n) is 4.05. The molecule has 1 aromatic rings. The van der Waals surface area contributed by atoms with Gasteiger partial charge in [0.1, 0.15) is 6.04 Å². The molecule has 0 bridgehead atoms. The van der Waals surface area contributed by atoms with Crippen molar-refractivity contribution < 1.29 is 34.6 Å². The first-order valence-corrected chi connectivity index (χ1v) is 9.55. The zero-order valence-electron chi connectivity index (χ0n) is 16.5. The monoisotopic (exact) mass is 423 g/mol. The topological polar surface area (TPSA) is 162 Å². The van der Waals surface area contributed by atoms with E-state index in [4.69, 9.17) is 0 Å². The molecule has 1 aliphatic carbocycles. The van der Waals surface area contributed by atoms with Crippen molar-refractivity contribution in [2.24, 2.45) is 0 Å². The first kappa shape index (κ1) is 23.1. The summed E-state index contributed by atoms with van der Waals surface area (Å²) in [6, 6.07) is 3.51. The third-order valence-electron chi connectivity index (χ3n) is 5.33. The van der Waals surface area contributed by atoms with Crippen LogP contribution in [0.25, 0.3) is 0 Å². The second-order valence-corrected chi connectivity index (χ2v) is 7.31. The number of carboxylic acid groups (broad SMARTS) is 3. The third-order valence-corrected chi connectivity index (χ3v) is 5.33. The van der Waals surface area contributed by atoms with E-state index < -0.39 is 54.0 Å². The van der Waals surface area contributed by atoms with Crippen LogP contribution in [0.1, 0.15) is 32.6 Å². The molecule has 3 N–H and O–H groups in total. The van der Waals surface area contributed by atoms with Crippen molar-refractivity contribution in [1.29, 1.82) is 0 Å². The summed E-state index contributed by atoms with van der Waals surface area (Å²) in [6.45, 7) is 0.514. The molecule has 2 rings (SSSR count). The first-order chi connectivity index (χ1) is 14.1. The predicted octanol–water partition coefficient (Wildman–Crippen LogP) is 1.66. The molecule has 0 spiro atoms. The van der Waals surface area contributed by atoms with Gasteiger partial charge in [0.25, 0.3) is 5.69 Å². The van der Waals surface area contributed by atoms with Crippen LogP contribution in [-0.4, -0.2) is 74.3 Å². The molecule has 3 atom stereocenters. The van der Waals surface area contributed by atoms with Crippen LogP contribution in [0, 0.1) is 10.1 Å². The van der Waals surface area contributed by atoms with Gasteiger partial charge in [-0.1, -0.05) is 12.8 Å². The summed E-state index contributed by atoms with van der Waals surface area (Å²) in [4.78, 5) is 47.8. The van der Waals surface area contributed by atoms with Crippen molar-refractivity contribution in [3.8, 4) is 0 Å². The molecule has 11 nitrogen and oxygen atoms in total. The van der Waals surface area contributed by atoms with Crippen molar-refractivity contribution in [3.63, 3.8) is 0 Å². The van der Waals surface area contributed by atoms with Gasteiger partial charge in [0.15, 0.2) is 0 Å². The zero-order valence-corrected chi connectivity index (χ0v) is 16.5. The Morgan fingerprint density at radius 1 is 1.03 bits per heavy atom. The molecule has 1 fully saturated rings. The van der Waals surface area contributed by atoms with Crippen LogP contribution in [0.4, 0.5) is 11.4 Å². The Kier molecular flexibility index (Phi) is 7.70. The number of hydrogen-bond acceptors (Lipinski definition) is 7. The predicted molar refractivity (Wildman–Crippen MR) is 106 cm³/mol. The van der Waals surface area contributed by atoms with Crippen LogP contribution in [0.5, 0.6) is 0 Å². The number of nitro groups is 1. The number of nitro benzene ring substituents is 1. The van der Waals surface area contributed by atoms with E-state index in [0.717, 1.165) is 12.8 Å². The molecule has 0 aliphatic heterocycles. The number of carboxylic acids is 3. The highest BCUT2D eigenvalue weighted by molar-refractivity contribution is 5.78. The van der Waals surface area contributed by atoms with Crippen LogP contribution in [0.3, 0.4) is 0 Å². The van der Waals surface area contributed by atoms with Crippen molar-refractivity contribution in [2.75, 3.05) is 18.0 Å². The molecule has 11 heteroatoms. The van der Waals surface area contributed by atoms with Gasteiger partial charge in [0.2, 0.25) is 0 Å². The Bertz CT molecular complexity index is 781. The summed E-state index contributed by atoms with van der Waals surface area (Å²) in [5, 5.41) is 39.1. The molecular weight excluding hydrogens is 398 g/mol. The first-order valence-electron chi connectivity index (χ1n) is 9.55. The smallest absolute Gasteiger partial charge is 0.326 e. The SMILES string of the molecule is C[C@@H](C(=O)O)N(c1ccc([N+](=O)[O-])cc1)C1CCCCC1N(CC(=O)O)CC(=O)O. The lowest BCUT2D eigenvalue weighted by Crippen LogP contribution is -2.59. The number of nitrogens with zero attached hydrogens (tertiary/aromatic N) is 3. The molecule has 0 saturated heterocycles. The van der Waals surface area contributed by atoms with Crippen molar-refractivity contribution in [1.82, 2.24) is 4.90 Å². The zero-order chi connectivity index (χ0) is 22.4. The van der Waals surface area contributed by atoms with E-state index in [-0.39, 0.29) is 5.69 Å². The lowest BCUT2D eigenvalue weighted by Gasteiger charge is -2.46. The largest absolute Gasteiger partial charge is 0.480 e. The van der Waals surface area contributed by atoms with E-state index in [1.54, 1.807) is 4.90 Å². The number of non-ortho nitro benzene ring substituents is 1. The Labute approximate surface area is 172 Å². The quantitative estimate of drug-likeness (QED) is 0.373. The third kappa shape index (κ3) is 5.66. The van der Waals surface area contributed by atoms with Gasteiger partial charge in [-0.3, -0.25) is 24.6 Å². The van der Waals surface area contributed by atoms with Gasteiger partial charge in [0, 0.05) is 29.9 Å². The molecule has 0 radical (unpaired) electrons. The Morgan fingerprint density at radius 2 is 1.53 bits per heavy atom. The minimum atomic E-state index is -1.17. The van der Waals surface area contributed by atoms with Gasteiger partial charge in [-0.25, -0.2) is 4.79 Å². The number of aliphatic carboxylic acids is 3. The maximum Gasteiger partial charge on any atom is 0.326 e. The van der Waals surface area contributed by atoms with Gasteiger partial charge >= 0.3 is 17.9 Å². The van der Waals surface area contributed by atoms with Crippen LogP contribution >= 0.6 is 0 Å². The van der Waals surface area contributed by atoms with Gasteiger partial charge in [-0.15, -0.1) is 0 Å². The molecule has 2 unspecified atom stereocenters. The summed E-state index contributed by atoms with van der Waals surface area (Å²) >= 11 is 0. The fourth-order valence-corrected chi connectivity index (χ4v) is 4.05. The van der Waals surface area contributed by atoms with E-state index in [1.165, 1.54) is 36.1 Å². The highest BCUT2D eigenvalue weighted by Gasteiger charge is 2.39. The Balaban J connectivity index is 2.46. The van der Waals surface area contributed by atoms with Crippen molar-refractivity contribution in [3.05, 3.63) is 34.4 Å². The van der Waals surface area contributed by atoms with Gasteiger partial charge in [-0.05, 0) is 31.9 Å². The van der Waals surface area contributed by atoms with Gasteiger partial charge in [0.05, 0.1) is 18.0 Å². The lowest BCUT2D eigenvalue weighted by molar-refractivity contribution is -0.384. The van der Waals surface area contributed by atoms with Gasteiger partial charge < -0.3 is 20.2 Å². The molecule has 0 aromatic heterocycles. The minimum Gasteiger partial charge on any atom is -0.480 e. The Hall–Kier alpha value is -3.21. The number of carbonyl (C=O) groups is 3. The molecule has 0 heterocycles. The van der Waals surface area contributed by atoms with E-state index in [1.807, 2.05) is 0 Å². The van der Waals surface area contributed by atoms with E-state index in [2.05, 4.69) is 0 Å². The maximum absolute atomic E-state index is 11.8. The van der Waals surface area contributed by atoms with Crippen LogP contribution in [0.15, 0.2) is 24.3 Å². The molecule has 1 saturated carbocycles. The number of benzene rings is 1. The fraction of sp³-hybridized carbons (Fsp3) is 0.526. The van der Waals surface area contributed by atoms with Crippen molar-refractivity contribution in [2.45, 2.75) is 50.7 Å². The minimum absolute atomic E-state index is 0.139. The normalized spacial score (nSPS) is 19.8. The van der Waals surface area contributed by atoms with Crippen molar-refractivity contribution >= 4 is 29.3 Å². The average molecular weight is 423 g/mol. The molecule has 1 aromatic carbocycles. The molecule has 164 valence electrons. The lowest BCUT2D eigenvalue weighted by atomic mass is 9.86. The Morgan fingerprint density at radius 3 is 1.97 bits per heavy atom. The summed E-state index contributed by atoms with van der Waals surface area (Å²) in [6.07, 6.45) is 2.58. The summed E-state index contributed by atoms with van der Waals surface area (Å²) in [5.41, 5.74) is 0.304. The second kappa shape index (κ2) is 10.0. The highest BCUT2D eigenvalue weighted by atomic mass is 16.6. The highest BCUT2D eigenvalue weighted by Crippen LogP contribution is 2.33. The molecule has 30 heavy (non-hydrogen) atoms. The molecular formula is C19H25N3O8. The standard InChI is InChI=1S/C19H25N3O8/c1-12(19(27)28)21(13-6-8-14(9-7-13)22(29)30)16-5-3-2-4-15(16)20(10-17(23)24)11-18(25)26/h6-9,12,15-16H,2-5,10-11H2,1H3,(H,23,24)(H,25,26)(H,27,28)/t12-,15?,16?/m0/s1. The van der Waals surface area contributed by atoms with E-state index in [9.17, 15) is 39.8 Å². The van der Waals surface area contributed by atoms with Crippen LogP contribution < -0.4 is 4.90 Å². The number of hydrogen-bond donors (Lipinski definition) is 3. The van der Waals surface area contributed by atoms with Crippen LogP contribution in [-0.2, 0) is 14.4 Å². The maximum atomic E-state index is 11.8.